The molecule has 0 radical (unpaired) electrons. The normalized spacial score (nSPS) is 16.4. The lowest BCUT2D eigenvalue weighted by Gasteiger charge is -2.13. The number of benzene rings is 1. The van der Waals surface area contributed by atoms with Gasteiger partial charge in [0, 0.05) is 12.2 Å². The number of nitrogens with zero attached hydrogens (tertiary/aromatic N) is 2. The third-order valence-electron chi connectivity index (χ3n) is 4.36. The van der Waals surface area contributed by atoms with Crippen LogP contribution >= 0.6 is 0 Å². The molecular formula is C17H16N4O5S. The fourth-order valence-corrected chi connectivity index (χ4v) is 3.99. The predicted molar refractivity (Wildman–Crippen MR) is 96.4 cm³/mol. The van der Waals surface area contributed by atoms with Crippen LogP contribution in [-0.4, -0.2) is 40.7 Å². The molecule has 2 aromatic heterocycles. The highest BCUT2D eigenvalue weighted by Crippen LogP contribution is 2.35. The molecule has 2 heterocycles. The van der Waals surface area contributed by atoms with Crippen molar-refractivity contribution in [2.75, 3.05) is 6.26 Å². The smallest absolute Gasteiger partial charge is 0.339 e. The number of aromatic amines is 1. The lowest BCUT2D eigenvalue weighted by molar-refractivity contribution is 0.0699. The van der Waals surface area contributed by atoms with Crippen LogP contribution in [0.1, 0.15) is 33.9 Å². The molecule has 0 fully saturated rings. The van der Waals surface area contributed by atoms with Crippen molar-refractivity contribution in [2.24, 2.45) is 0 Å². The lowest BCUT2D eigenvalue weighted by atomic mass is 10.1. The van der Waals surface area contributed by atoms with Gasteiger partial charge in [-0.3, -0.25) is 0 Å². The van der Waals surface area contributed by atoms with E-state index < -0.39 is 16.0 Å². The molecule has 0 aliphatic heterocycles. The van der Waals surface area contributed by atoms with E-state index >= 15 is 0 Å². The third-order valence-corrected chi connectivity index (χ3v) is 5.08. The van der Waals surface area contributed by atoms with Gasteiger partial charge in [0.25, 0.3) is 0 Å². The summed E-state index contributed by atoms with van der Waals surface area (Å²) in [6.45, 7) is 0. The summed E-state index contributed by atoms with van der Waals surface area (Å²) < 4.78 is 31.5. The van der Waals surface area contributed by atoms with Crippen molar-refractivity contribution >= 4 is 27.2 Å². The van der Waals surface area contributed by atoms with E-state index in [1.54, 1.807) is 12.1 Å². The molecule has 3 aromatic rings. The van der Waals surface area contributed by atoms with Crippen LogP contribution in [0.25, 0.3) is 11.2 Å². The monoisotopic (exact) mass is 388 g/mol. The van der Waals surface area contributed by atoms with E-state index in [-0.39, 0.29) is 23.0 Å². The van der Waals surface area contributed by atoms with Crippen molar-refractivity contribution in [2.45, 2.75) is 18.9 Å². The number of aromatic carboxylic acids is 1. The number of ether oxygens (including phenoxy) is 1. The number of aryl methyl sites for hydroxylation is 1. The molecule has 0 saturated heterocycles. The van der Waals surface area contributed by atoms with Gasteiger partial charge in [-0.25, -0.2) is 27.9 Å². The van der Waals surface area contributed by atoms with Crippen LogP contribution in [0.4, 0.5) is 0 Å². The topological polar surface area (TPSA) is 134 Å². The largest absolute Gasteiger partial charge is 0.478 e. The fourth-order valence-electron chi connectivity index (χ4n) is 3.23. The van der Waals surface area contributed by atoms with Crippen LogP contribution in [0.2, 0.25) is 0 Å². The van der Waals surface area contributed by atoms with Crippen LogP contribution in [-0.2, 0) is 16.4 Å². The number of carboxylic acid groups (broad SMARTS) is 1. The minimum Gasteiger partial charge on any atom is -0.478 e. The summed E-state index contributed by atoms with van der Waals surface area (Å²) in [5.41, 5.74) is 2.49. The zero-order valence-corrected chi connectivity index (χ0v) is 15.1. The standard InChI is InChI=1S/C17H16N4O5S/c1-27(24,25)21-13-5-3-9-2-4-10(6-11(9)13)26-14-8-19-16-15(20-14)12(7-18-16)17(22)23/h2,4,6-8,13,21H,3,5H2,1H3,(H,18,19)(H,22,23)/t13-/m1/s1. The average Bonchev–Trinajstić information content (AvgIpc) is 3.17. The van der Waals surface area contributed by atoms with Gasteiger partial charge in [0.15, 0.2) is 5.65 Å². The Morgan fingerprint density at radius 1 is 1.41 bits per heavy atom. The third kappa shape index (κ3) is 3.49. The molecule has 9 nitrogen and oxygen atoms in total. The number of hydrogen-bond donors (Lipinski definition) is 3. The minimum absolute atomic E-state index is 0.00863. The molecule has 10 heteroatoms. The van der Waals surface area contributed by atoms with Crippen LogP contribution in [0, 0.1) is 0 Å². The van der Waals surface area contributed by atoms with E-state index in [1.165, 1.54) is 12.4 Å². The van der Waals surface area contributed by atoms with Gasteiger partial charge in [0.2, 0.25) is 15.9 Å². The summed E-state index contributed by atoms with van der Waals surface area (Å²) in [6, 6.07) is 5.13. The Bertz CT molecular complexity index is 1160. The van der Waals surface area contributed by atoms with Gasteiger partial charge >= 0.3 is 5.97 Å². The molecule has 27 heavy (non-hydrogen) atoms. The summed E-state index contributed by atoms with van der Waals surface area (Å²) in [5.74, 6) is -0.493. The molecule has 0 saturated carbocycles. The molecule has 140 valence electrons. The first-order chi connectivity index (χ1) is 12.8. The maximum atomic E-state index is 11.5. The molecule has 1 aromatic carbocycles. The Hall–Kier alpha value is -2.98. The zero-order chi connectivity index (χ0) is 19.2. The van der Waals surface area contributed by atoms with Crippen molar-refractivity contribution in [3.05, 3.63) is 47.3 Å². The molecular weight excluding hydrogens is 372 g/mol. The number of nitrogens with one attached hydrogen (secondary N) is 2. The van der Waals surface area contributed by atoms with Crippen molar-refractivity contribution in [3.8, 4) is 11.6 Å². The van der Waals surface area contributed by atoms with Crippen LogP contribution in [0.5, 0.6) is 11.6 Å². The first-order valence-electron chi connectivity index (χ1n) is 8.15. The maximum Gasteiger partial charge on any atom is 0.339 e. The number of carboxylic acids is 1. The summed E-state index contributed by atoms with van der Waals surface area (Å²) >= 11 is 0. The molecule has 3 N–H and O–H groups in total. The minimum atomic E-state index is -3.33. The number of H-pyrrole nitrogens is 1. The van der Waals surface area contributed by atoms with Gasteiger partial charge in [0.05, 0.1) is 12.5 Å². The second-order valence-corrected chi connectivity index (χ2v) is 8.14. The molecule has 0 bridgehead atoms. The number of carbonyl (C=O) groups is 1. The molecule has 1 aliphatic rings. The highest BCUT2D eigenvalue weighted by atomic mass is 32.2. The second-order valence-electron chi connectivity index (χ2n) is 6.36. The molecule has 4 rings (SSSR count). The summed E-state index contributed by atoms with van der Waals surface area (Å²) in [5, 5.41) is 9.20. The fraction of sp³-hybridized carbons (Fsp3) is 0.235. The zero-order valence-electron chi connectivity index (χ0n) is 14.3. The first kappa shape index (κ1) is 17.4. The van der Waals surface area contributed by atoms with E-state index in [0.29, 0.717) is 17.8 Å². The Kier molecular flexibility index (Phi) is 4.08. The Morgan fingerprint density at radius 3 is 2.96 bits per heavy atom. The van der Waals surface area contributed by atoms with Crippen LogP contribution in [0.3, 0.4) is 0 Å². The van der Waals surface area contributed by atoms with Gasteiger partial charge in [-0.2, -0.15) is 0 Å². The second kappa shape index (κ2) is 6.32. The summed E-state index contributed by atoms with van der Waals surface area (Å²) in [6.07, 6.45) is 5.31. The summed E-state index contributed by atoms with van der Waals surface area (Å²) in [4.78, 5) is 22.3. The SMILES string of the molecule is CS(=O)(=O)N[C@@H]1CCc2ccc(Oc3cnc4[nH]cc(C(=O)O)c4n3)cc21. The molecule has 1 aliphatic carbocycles. The van der Waals surface area contributed by atoms with E-state index in [0.717, 1.165) is 23.8 Å². The summed E-state index contributed by atoms with van der Waals surface area (Å²) in [7, 11) is -3.33. The van der Waals surface area contributed by atoms with Crippen LogP contribution in [0.15, 0.2) is 30.6 Å². The van der Waals surface area contributed by atoms with Gasteiger partial charge in [-0.05, 0) is 36.1 Å². The number of fused-ring (bicyclic) bond motifs is 2. The van der Waals surface area contributed by atoms with Gasteiger partial charge in [-0.15, -0.1) is 0 Å². The predicted octanol–water partition coefficient (Wildman–Crippen LogP) is 1.98. The quantitative estimate of drug-likeness (QED) is 0.608. The Balaban J connectivity index is 1.64. The van der Waals surface area contributed by atoms with E-state index in [1.807, 2.05) is 6.07 Å². The first-order valence-corrected chi connectivity index (χ1v) is 10.0. The van der Waals surface area contributed by atoms with Crippen molar-refractivity contribution in [1.29, 1.82) is 0 Å². The van der Waals surface area contributed by atoms with E-state index in [9.17, 15) is 18.3 Å². The van der Waals surface area contributed by atoms with Gasteiger partial charge in [0.1, 0.15) is 16.8 Å². The molecule has 1 atom stereocenters. The number of aromatic nitrogens is 3. The van der Waals surface area contributed by atoms with Crippen molar-refractivity contribution < 1.29 is 23.1 Å². The Morgan fingerprint density at radius 2 is 2.22 bits per heavy atom. The van der Waals surface area contributed by atoms with E-state index in [4.69, 9.17) is 4.74 Å². The molecule has 0 amide bonds. The van der Waals surface area contributed by atoms with E-state index in [2.05, 4.69) is 19.7 Å². The van der Waals surface area contributed by atoms with Crippen molar-refractivity contribution in [3.63, 3.8) is 0 Å². The highest BCUT2D eigenvalue weighted by Gasteiger charge is 2.25. The average molecular weight is 388 g/mol. The molecule has 0 unspecified atom stereocenters. The number of hydrogen-bond acceptors (Lipinski definition) is 6. The van der Waals surface area contributed by atoms with Crippen LogP contribution < -0.4 is 9.46 Å². The maximum absolute atomic E-state index is 11.5. The Labute approximate surface area is 154 Å². The van der Waals surface area contributed by atoms with Gasteiger partial charge < -0.3 is 14.8 Å². The molecule has 0 spiro atoms. The highest BCUT2D eigenvalue weighted by molar-refractivity contribution is 7.88. The van der Waals surface area contributed by atoms with Crippen molar-refractivity contribution in [1.82, 2.24) is 19.7 Å². The number of sulfonamides is 1. The number of rotatable bonds is 5. The van der Waals surface area contributed by atoms with Gasteiger partial charge in [-0.1, -0.05) is 6.07 Å². The lowest BCUT2D eigenvalue weighted by Crippen LogP contribution is -2.25.